The van der Waals surface area contributed by atoms with Crippen LogP contribution in [0.15, 0.2) is 48.5 Å². The summed E-state index contributed by atoms with van der Waals surface area (Å²) in [6.45, 7) is -1.12. The second kappa shape index (κ2) is 8.50. The van der Waals surface area contributed by atoms with Crippen molar-refractivity contribution >= 4 is 5.91 Å². The maximum atomic E-state index is 13.5. The molecule has 1 amide bonds. The molecule has 1 N–H and O–H groups in total. The Balaban J connectivity index is 1.75. The molecule has 2 rings (SSSR count). The molecule has 0 atom stereocenters. The van der Waals surface area contributed by atoms with Gasteiger partial charge in [-0.1, -0.05) is 30.3 Å². The third kappa shape index (κ3) is 6.82. The Labute approximate surface area is 142 Å². The molecule has 0 aliphatic carbocycles. The summed E-state index contributed by atoms with van der Waals surface area (Å²) in [7, 11) is 0. The number of carbonyl (C=O) groups excluding carboxylic acids is 1. The van der Waals surface area contributed by atoms with Crippen LogP contribution in [0.3, 0.4) is 0 Å². The predicted molar refractivity (Wildman–Crippen MR) is 84.6 cm³/mol. The standard InChI is InChI=1S/C18H17F4NO2/c19-16-4-2-1-3-14(16)7-10-17(24)23-11-13-5-8-15(9-6-13)25-12-18(20,21)22/h1-6,8-9H,7,10-12H2,(H,23,24). The molecule has 2 aromatic carbocycles. The Morgan fingerprint density at radius 1 is 1.04 bits per heavy atom. The van der Waals surface area contributed by atoms with Crippen molar-refractivity contribution in [1.82, 2.24) is 5.32 Å². The molecule has 0 heterocycles. The molecule has 25 heavy (non-hydrogen) atoms. The first-order valence-electron chi connectivity index (χ1n) is 7.62. The second-order valence-electron chi connectivity index (χ2n) is 5.42. The van der Waals surface area contributed by atoms with Gasteiger partial charge in [0.05, 0.1) is 0 Å². The van der Waals surface area contributed by atoms with E-state index >= 15 is 0 Å². The fourth-order valence-electron chi connectivity index (χ4n) is 2.11. The zero-order valence-electron chi connectivity index (χ0n) is 13.3. The number of aryl methyl sites for hydroxylation is 1. The summed E-state index contributed by atoms with van der Waals surface area (Å²) in [5.74, 6) is -0.475. The lowest BCUT2D eigenvalue weighted by Crippen LogP contribution is -2.23. The van der Waals surface area contributed by atoms with Crippen molar-refractivity contribution in [2.24, 2.45) is 0 Å². The van der Waals surface area contributed by atoms with Gasteiger partial charge in [0.25, 0.3) is 0 Å². The number of hydrogen-bond acceptors (Lipinski definition) is 2. The van der Waals surface area contributed by atoms with E-state index < -0.39 is 12.8 Å². The summed E-state index contributed by atoms with van der Waals surface area (Å²) >= 11 is 0. The van der Waals surface area contributed by atoms with Gasteiger partial charge in [-0.3, -0.25) is 4.79 Å². The Morgan fingerprint density at radius 3 is 2.36 bits per heavy atom. The largest absolute Gasteiger partial charge is 0.484 e. The van der Waals surface area contributed by atoms with E-state index in [4.69, 9.17) is 0 Å². The van der Waals surface area contributed by atoms with Crippen LogP contribution < -0.4 is 10.1 Å². The molecular formula is C18H17F4NO2. The topological polar surface area (TPSA) is 38.3 Å². The first-order chi connectivity index (χ1) is 11.8. The van der Waals surface area contributed by atoms with Crippen LogP contribution in [0.4, 0.5) is 17.6 Å². The fourth-order valence-corrected chi connectivity index (χ4v) is 2.11. The Morgan fingerprint density at radius 2 is 1.72 bits per heavy atom. The minimum Gasteiger partial charge on any atom is -0.484 e. The molecule has 0 spiro atoms. The molecule has 0 fully saturated rings. The highest BCUT2D eigenvalue weighted by atomic mass is 19.4. The second-order valence-corrected chi connectivity index (χ2v) is 5.42. The maximum Gasteiger partial charge on any atom is 0.422 e. The highest BCUT2D eigenvalue weighted by molar-refractivity contribution is 5.76. The lowest BCUT2D eigenvalue weighted by molar-refractivity contribution is -0.153. The molecule has 7 heteroatoms. The third-order valence-electron chi connectivity index (χ3n) is 3.39. The lowest BCUT2D eigenvalue weighted by Gasteiger charge is -2.10. The van der Waals surface area contributed by atoms with Crippen molar-refractivity contribution < 1.29 is 27.1 Å². The van der Waals surface area contributed by atoms with E-state index in [9.17, 15) is 22.4 Å². The van der Waals surface area contributed by atoms with E-state index in [0.29, 0.717) is 12.0 Å². The third-order valence-corrected chi connectivity index (χ3v) is 3.39. The Bertz CT molecular complexity index is 699. The van der Waals surface area contributed by atoms with Crippen molar-refractivity contribution in [3.8, 4) is 5.75 Å². The molecule has 0 bridgehead atoms. The van der Waals surface area contributed by atoms with Gasteiger partial charge < -0.3 is 10.1 Å². The van der Waals surface area contributed by atoms with Gasteiger partial charge in [0.15, 0.2) is 6.61 Å². The zero-order chi connectivity index (χ0) is 18.3. The quantitative estimate of drug-likeness (QED) is 0.762. The van der Waals surface area contributed by atoms with E-state index in [-0.39, 0.29) is 30.4 Å². The van der Waals surface area contributed by atoms with Crippen LogP contribution in [-0.4, -0.2) is 18.7 Å². The molecular weight excluding hydrogens is 338 g/mol. The SMILES string of the molecule is O=C(CCc1ccccc1F)NCc1ccc(OCC(F)(F)F)cc1. The van der Waals surface area contributed by atoms with Crippen LogP contribution in [-0.2, 0) is 17.8 Å². The molecule has 0 unspecified atom stereocenters. The Kier molecular flexibility index (Phi) is 6.38. The average molecular weight is 355 g/mol. The van der Waals surface area contributed by atoms with Gasteiger partial charge in [-0.05, 0) is 35.7 Å². The molecule has 0 aliphatic rings. The molecule has 0 radical (unpaired) electrons. The van der Waals surface area contributed by atoms with E-state index in [1.807, 2.05) is 0 Å². The summed E-state index contributed by atoms with van der Waals surface area (Å²) < 4.78 is 54.2. The van der Waals surface area contributed by atoms with Gasteiger partial charge in [-0.25, -0.2) is 4.39 Å². The van der Waals surface area contributed by atoms with E-state index in [1.165, 1.54) is 18.2 Å². The molecule has 3 nitrogen and oxygen atoms in total. The zero-order valence-corrected chi connectivity index (χ0v) is 13.3. The van der Waals surface area contributed by atoms with Gasteiger partial charge >= 0.3 is 6.18 Å². The van der Waals surface area contributed by atoms with Crippen LogP contribution in [0.5, 0.6) is 5.75 Å². The summed E-state index contributed by atoms with van der Waals surface area (Å²) in [5, 5.41) is 2.68. The number of amides is 1. The number of carbonyl (C=O) groups is 1. The number of alkyl halides is 3. The highest BCUT2D eigenvalue weighted by Crippen LogP contribution is 2.18. The van der Waals surface area contributed by atoms with Crippen LogP contribution in [0.1, 0.15) is 17.5 Å². The van der Waals surface area contributed by atoms with Crippen LogP contribution in [0, 0.1) is 5.82 Å². The van der Waals surface area contributed by atoms with Crippen LogP contribution in [0.25, 0.3) is 0 Å². The van der Waals surface area contributed by atoms with Gasteiger partial charge in [0.2, 0.25) is 5.91 Å². The normalized spacial score (nSPS) is 11.2. The summed E-state index contributed by atoms with van der Waals surface area (Å²) in [4.78, 5) is 11.8. The van der Waals surface area contributed by atoms with Crippen molar-refractivity contribution in [1.29, 1.82) is 0 Å². The maximum absolute atomic E-state index is 13.5. The first-order valence-corrected chi connectivity index (χ1v) is 7.62. The summed E-state index contributed by atoms with van der Waals surface area (Å²) in [5.41, 5.74) is 1.20. The smallest absolute Gasteiger partial charge is 0.422 e. The van der Waals surface area contributed by atoms with Gasteiger partial charge in [0, 0.05) is 13.0 Å². The fraction of sp³-hybridized carbons (Fsp3) is 0.278. The molecule has 2 aromatic rings. The van der Waals surface area contributed by atoms with Crippen LogP contribution >= 0.6 is 0 Å². The number of halogens is 4. The minimum absolute atomic E-state index is 0.104. The monoisotopic (exact) mass is 355 g/mol. The van der Waals surface area contributed by atoms with Gasteiger partial charge in [0.1, 0.15) is 11.6 Å². The Hall–Kier alpha value is -2.57. The van der Waals surface area contributed by atoms with Gasteiger partial charge in [-0.2, -0.15) is 13.2 Å². The molecule has 134 valence electrons. The van der Waals surface area contributed by atoms with Crippen LogP contribution in [0.2, 0.25) is 0 Å². The summed E-state index contributed by atoms with van der Waals surface area (Å²) in [6.07, 6.45) is -3.94. The van der Waals surface area contributed by atoms with Crippen molar-refractivity contribution in [3.63, 3.8) is 0 Å². The average Bonchev–Trinajstić information content (AvgIpc) is 2.57. The van der Waals surface area contributed by atoms with Gasteiger partial charge in [-0.15, -0.1) is 0 Å². The molecule has 0 aromatic heterocycles. The minimum atomic E-state index is -4.38. The van der Waals surface area contributed by atoms with E-state index in [0.717, 1.165) is 5.56 Å². The number of benzene rings is 2. The number of rotatable bonds is 7. The first kappa shape index (κ1) is 18.8. The molecule has 0 aliphatic heterocycles. The predicted octanol–water partition coefficient (Wildman–Crippen LogP) is 4.02. The molecule has 0 saturated heterocycles. The molecule has 0 saturated carbocycles. The number of ether oxygens (including phenoxy) is 1. The highest BCUT2D eigenvalue weighted by Gasteiger charge is 2.28. The van der Waals surface area contributed by atoms with Crippen molar-refractivity contribution in [3.05, 3.63) is 65.5 Å². The number of hydrogen-bond donors (Lipinski definition) is 1. The lowest BCUT2D eigenvalue weighted by atomic mass is 10.1. The van der Waals surface area contributed by atoms with Crippen molar-refractivity contribution in [2.75, 3.05) is 6.61 Å². The number of nitrogens with one attached hydrogen (secondary N) is 1. The van der Waals surface area contributed by atoms with E-state index in [1.54, 1.807) is 30.3 Å². The van der Waals surface area contributed by atoms with E-state index in [2.05, 4.69) is 10.1 Å². The summed E-state index contributed by atoms with van der Waals surface area (Å²) in [6, 6.07) is 12.2. The van der Waals surface area contributed by atoms with Crippen molar-refractivity contribution in [2.45, 2.75) is 25.6 Å².